The van der Waals surface area contributed by atoms with Gasteiger partial charge in [-0.2, -0.15) is 0 Å². The molecular formula is C21H31N3O3S. The van der Waals surface area contributed by atoms with Crippen molar-refractivity contribution in [2.24, 2.45) is 0 Å². The minimum atomic E-state index is -2.86. The molecule has 154 valence electrons. The van der Waals surface area contributed by atoms with Crippen molar-refractivity contribution in [1.29, 1.82) is 0 Å². The lowest BCUT2D eigenvalue weighted by molar-refractivity contribution is -0.139. The van der Waals surface area contributed by atoms with Crippen LogP contribution in [-0.2, 0) is 14.6 Å². The maximum atomic E-state index is 13.4. The van der Waals surface area contributed by atoms with Gasteiger partial charge in [0.25, 0.3) is 0 Å². The van der Waals surface area contributed by atoms with Crippen molar-refractivity contribution in [2.45, 2.75) is 37.8 Å². The Morgan fingerprint density at radius 1 is 0.929 bits per heavy atom. The zero-order chi connectivity index (χ0) is 19.6. The van der Waals surface area contributed by atoms with E-state index < -0.39 is 9.84 Å². The summed E-state index contributed by atoms with van der Waals surface area (Å²) in [5, 5.41) is 0. The topological polar surface area (TPSA) is 60.9 Å². The van der Waals surface area contributed by atoms with Gasteiger partial charge in [-0.25, -0.2) is 8.42 Å². The minimum absolute atomic E-state index is 0.153. The summed E-state index contributed by atoms with van der Waals surface area (Å²) in [5.74, 6) is 0.836. The first kappa shape index (κ1) is 19.9. The molecule has 28 heavy (non-hydrogen) atoms. The summed E-state index contributed by atoms with van der Waals surface area (Å²) in [5.41, 5.74) is 1.06. The monoisotopic (exact) mass is 405 g/mol. The molecule has 0 N–H and O–H groups in total. The summed E-state index contributed by atoms with van der Waals surface area (Å²) in [6.07, 6.45) is 4.15. The van der Waals surface area contributed by atoms with Gasteiger partial charge in [-0.3, -0.25) is 14.6 Å². The predicted octanol–water partition coefficient (Wildman–Crippen LogP) is 1.54. The summed E-state index contributed by atoms with van der Waals surface area (Å²) in [4.78, 5) is 20.1. The third-order valence-electron chi connectivity index (χ3n) is 6.46. The number of amides is 1. The van der Waals surface area contributed by atoms with Crippen LogP contribution in [0.4, 0.5) is 0 Å². The quantitative estimate of drug-likeness (QED) is 0.761. The lowest BCUT2D eigenvalue weighted by Crippen LogP contribution is -2.54. The second kappa shape index (κ2) is 8.51. The van der Waals surface area contributed by atoms with Crippen LogP contribution in [0.15, 0.2) is 30.3 Å². The minimum Gasteiger partial charge on any atom is -0.341 e. The van der Waals surface area contributed by atoms with E-state index in [4.69, 9.17) is 0 Å². The average Bonchev–Trinajstić information content (AvgIpc) is 3.10. The normalized spacial score (nSPS) is 27.6. The molecule has 6 nitrogen and oxygen atoms in total. The number of carbonyl (C=O) groups excluding carboxylic acids is 1. The fourth-order valence-electron chi connectivity index (χ4n) is 4.86. The SMILES string of the molecule is O=C([C@H](c1ccccc1)N1CCN([C@@H]2CCS(=O)(=O)C2)CC1)N1CCCCC1. The number of nitrogens with zero attached hydrogens (tertiary/aromatic N) is 3. The fraction of sp³-hybridized carbons (Fsp3) is 0.667. The zero-order valence-corrected chi connectivity index (χ0v) is 17.3. The van der Waals surface area contributed by atoms with Gasteiger partial charge in [-0.05, 0) is 31.2 Å². The lowest BCUT2D eigenvalue weighted by atomic mass is 10.0. The molecule has 0 radical (unpaired) electrons. The molecule has 1 aromatic rings. The van der Waals surface area contributed by atoms with Crippen LogP contribution in [-0.4, -0.2) is 85.8 Å². The van der Waals surface area contributed by atoms with Crippen LogP contribution in [0.2, 0.25) is 0 Å². The van der Waals surface area contributed by atoms with Gasteiger partial charge in [0.15, 0.2) is 9.84 Å². The Bertz CT molecular complexity index is 769. The molecule has 3 fully saturated rings. The average molecular weight is 406 g/mol. The standard InChI is InChI=1S/C21H31N3O3S/c25-21(24-10-5-2-6-11-24)20(18-7-3-1-4-8-18)23-14-12-22(13-15-23)19-9-16-28(26,27)17-19/h1,3-4,7-8,19-20H,2,5-6,9-17H2/t19-,20+/m1/s1. The molecule has 3 aliphatic heterocycles. The number of benzene rings is 1. The molecule has 0 aliphatic carbocycles. The van der Waals surface area contributed by atoms with E-state index in [9.17, 15) is 13.2 Å². The Morgan fingerprint density at radius 3 is 2.21 bits per heavy atom. The van der Waals surface area contributed by atoms with E-state index in [1.54, 1.807) is 0 Å². The van der Waals surface area contributed by atoms with Crippen LogP contribution in [0.25, 0.3) is 0 Å². The number of piperazine rings is 1. The first-order valence-corrected chi connectivity index (χ1v) is 12.4. The van der Waals surface area contributed by atoms with E-state index in [1.807, 2.05) is 23.1 Å². The van der Waals surface area contributed by atoms with E-state index >= 15 is 0 Å². The van der Waals surface area contributed by atoms with Crippen molar-refractivity contribution in [3.8, 4) is 0 Å². The Morgan fingerprint density at radius 2 is 1.61 bits per heavy atom. The predicted molar refractivity (Wildman–Crippen MR) is 110 cm³/mol. The number of carbonyl (C=O) groups is 1. The van der Waals surface area contributed by atoms with Crippen molar-refractivity contribution in [1.82, 2.24) is 14.7 Å². The van der Waals surface area contributed by atoms with Gasteiger partial charge in [0.05, 0.1) is 11.5 Å². The molecular weight excluding hydrogens is 374 g/mol. The number of rotatable bonds is 4. The lowest BCUT2D eigenvalue weighted by Gasteiger charge is -2.42. The molecule has 0 spiro atoms. The Labute approximate surface area is 168 Å². The highest BCUT2D eigenvalue weighted by Crippen LogP contribution is 2.27. The molecule has 0 unspecified atom stereocenters. The Kier molecular flexibility index (Phi) is 6.04. The van der Waals surface area contributed by atoms with E-state index in [0.717, 1.165) is 64.1 Å². The number of hydrogen-bond donors (Lipinski definition) is 0. The summed E-state index contributed by atoms with van der Waals surface area (Å²) in [6, 6.07) is 10.0. The summed E-state index contributed by atoms with van der Waals surface area (Å²) >= 11 is 0. The van der Waals surface area contributed by atoms with Gasteiger partial charge in [0.1, 0.15) is 6.04 Å². The highest BCUT2D eigenvalue weighted by atomic mass is 32.2. The van der Waals surface area contributed by atoms with Crippen LogP contribution in [0.3, 0.4) is 0 Å². The molecule has 3 heterocycles. The third kappa shape index (κ3) is 4.42. The molecule has 1 aromatic carbocycles. The fourth-order valence-corrected chi connectivity index (χ4v) is 6.62. The van der Waals surface area contributed by atoms with Gasteiger partial charge < -0.3 is 4.90 Å². The maximum absolute atomic E-state index is 13.4. The largest absolute Gasteiger partial charge is 0.341 e. The van der Waals surface area contributed by atoms with Crippen molar-refractivity contribution in [3.05, 3.63) is 35.9 Å². The number of piperidine rings is 1. The first-order valence-electron chi connectivity index (χ1n) is 10.6. The molecule has 7 heteroatoms. The molecule has 0 bridgehead atoms. The maximum Gasteiger partial charge on any atom is 0.244 e. The second-order valence-electron chi connectivity index (χ2n) is 8.33. The van der Waals surface area contributed by atoms with Crippen LogP contribution in [0.5, 0.6) is 0 Å². The number of likely N-dealkylation sites (tertiary alicyclic amines) is 1. The zero-order valence-electron chi connectivity index (χ0n) is 16.5. The second-order valence-corrected chi connectivity index (χ2v) is 10.6. The molecule has 2 atom stereocenters. The van der Waals surface area contributed by atoms with E-state index in [1.165, 1.54) is 6.42 Å². The van der Waals surface area contributed by atoms with Crippen LogP contribution >= 0.6 is 0 Å². The molecule has 0 saturated carbocycles. The highest BCUT2D eigenvalue weighted by molar-refractivity contribution is 7.91. The number of hydrogen-bond acceptors (Lipinski definition) is 5. The summed E-state index contributed by atoms with van der Waals surface area (Å²) in [6.45, 7) is 4.99. The van der Waals surface area contributed by atoms with Crippen LogP contribution in [0.1, 0.15) is 37.3 Å². The number of sulfone groups is 1. The molecule has 0 aromatic heterocycles. The van der Waals surface area contributed by atoms with Gasteiger partial charge in [0, 0.05) is 45.3 Å². The van der Waals surface area contributed by atoms with Gasteiger partial charge in [-0.1, -0.05) is 30.3 Å². The summed E-state index contributed by atoms with van der Waals surface area (Å²) in [7, 11) is -2.86. The van der Waals surface area contributed by atoms with E-state index in [-0.39, 0.29) is 18.0 Å². The summed E-state index contributed by atoms with van der Waals surface area (Å²) < 4.78 is 23.6. The molecule has 3 saturated heterocycles. The van der Waals surface area contributed by atoms with Crippen molar-refractivity contribution >= 4 is 15.7 Å². The van der Waals surface area contributed by atoms with Gasteiger partial charge in [0.2, 0.25) is 5.91 Å². The van der Waals surface area contributed by atoms with Gasteiger partial charge in [-0.15, -0.1) is 0 Å². The molecule has 4 rings (SSSR count). The van der Waals surface area contributed by atoms with Crippen molar-refractivity contribution < 1.29 is 13.2 Å². The van der Waals surface area contributed by atoms with Gasteiger partial charge >= 0.3 is 0 Å². The van der Waals surface area contributed by atoms with Crippen molar-refractivity contribution in [2.75, 3.05) is 50.8 Å². The molecule has 3 aliphatic rings. The highest BCUT2D eigenvalue weighted by Gasteiger charge is 2.37. The van der Waals surface area contributed by atoms with E-state index in [0.29, 0.717) is 11.5 Å². The van der Waals surface area contributed by atoms with Crippen molar-refractivity contribution in [3.63, 3.8) is 0 Å². The smallest absolute Gasteiger partial charge is 0.244 e. The Hall–Kier alpha value is -1.44. The Balaban J connectivity index is 1.46. The first-order chi connectivity index (χ1) is 13.5. The molecule has 1 amide bonds. The van der Waals surface area contributed by atoms with E-state index in [2.05, 4.69) is 21.9 Å². The van der Waals surface area contributed by atoms with Crippen LogP contribution < -0.4 is 0 Å². The third-order valence-corrected chi connectivity index (χ3v) is 8.21. The van der Waals surface area contributed by atoms with Crippen LogP contribution in [0, 0.1) is 0 Å².